The van der Waals surface area contributed by atoms with Crippen LogP contribution in [0.25, 0.3) is 0 Å². The van der Waals surface area contributed by atoms with Crippen molar-refractivity contribution < 1.29 is 23.2 Å². The minimum atomic E-state index is -1.09. The third-order valence-electron chi connectivity index (χ3n) is 5.44. The molecule has 0 aliphatic carbocycles. The molecule has 0 aliphatic heterocycles. The van der Waals surface area contributed by atoms with Crippen LogP contribution in [0.4, 0.5) is 10.1 Å². The molecule has 2 aromatic heterocycles. The highest BCUT2D eigenvalue weighted by Gasteiger charge is 2.33. The summed E-state index contributed by atoms with van der Waals surface area (Å²) in [5, 5.41) is 7.19. The number of amides is 3. The van der Waals surface area contributed by atoms with Crippen LogP contribution in [0.2, 0.25) is 0 Å². The summed E-state index contributed by atoms with van der Waals surface area (Å²) in [6.45, 7) is 1.68. The van der Waals surface area contributed by atoms with Crippen LogP contribution in [-0.4, -0.2) is 24.3 Å². The Morgan fingerprint density at radius 2 is 1.72 bits per heavy atom. The molecule has 0 saturated heterocycles. The predicted molar refractivity (Wildman–Crippen MR) is 135 cm³/mol. The minimum absolute atomic E-state index is 0.120. The molecule has 0 saturated carbocycles. The van der Waals surface area contributed by atoms with Gasteiger partial charge in [0.25, 0.3) is 5.91 Å². The van der Waals surface area contributed by atoms with Crippen LogP contribution in [0.15, 0.2) is 88.9 Å². The molecule has 0 aliphatic rings. The number of thiophene rings is 1. The molecule has 4 aromatic rings. The number of benzene rings is 2. The first kappa shape index (κ1) is 24.9. The van der Waals surface area contributed by atoms with Crippen molar-refractivity contribution >= 4 is 34.7 Å². The van der Waals surface area contributed by atoms with Crippen molar-refractivity contribution in [2.24, 2.45) is 0 Å². The Labute approximate surface area is 211 Å². The van der Waals surface area contributed by atoms with Gasteiger partial charge in [0.15, 0.2) is 0 Å². The van der Waals surface area contributed by atoms with Crippen molar-refractivity contribution in [3.05, 3.63) is 112 Å². The van der Waals surface area contributed by atoms with Gasteiger partial charge in [0.05, 0.1) is 24.2 Å². The Balaban J connectivity index is 1.67. The standard InChI is InChI=1S/C27H24FN3O4S/c1-18-6-8-19(9-7-18)25(27(34)29-16-22-4-2-14-35-22)31(21-12-10-20(28)11-13-21)24(32)17-30-26(33)23-5-3-15-36-23/h2-15,25H,16-17H2,1H3,(H,29,34)(H,30,33). The quantitative estimate of drug-likeness (QED) is 0.348. The van der Waals surface area contributed by atoms with Gasteiger partial charge in [0, 0.05) is 5.69 Å². The summed E-state index contributed by atoms with van der Waals surface area (Å²) in [6, 6.07) is 18.2. The van der Waals surface area contributed by atoms with E-state index in [1.165, 1.54) is 46.8 Å². The zero-order chi connectivity index (χ0) is 25.5. The zero-order valence-electron chi connectivity index (χ0n) is 19.4. The molecule has 4 rings (SSSR count). The van der Waals surface area contributed by atoms with Crippen LogP contribution in [0.5, 0.6) is 0 Å². The lowest BCUT2D eigenvalue weighted by atomic mass is 10.0. The second-order valence-corrected chi connectivity index (χ2v) is 8.96. The van der Waals surface area contributed by atoms with Crippen molar-refractivity contribution in [3.63, 3.8) is 0 Å². The SMILES string of the molecule is Cc1ccc(C(C(=O)NCc2ccco2)N(C(=O)CNC(=O)c2cccs2)c2ccc(F)cc2)cc1. The van der Waals surface area contributed by atoms with Crippen LogP contribution >= 0.6 is 11.3 Å². The number of nitrogens with zero attached hydrogens (tertiary/aromatic N) is 1. The van der Waals surface area contributed by atoms with Gasteiger partial charge in [-0.25, -0.2) is 4.39 Å². The van der Waals surface area contributed by atoms with Crippen molar-refractivity contribution in [2.75, 3.05) is 11.4 Å². The molecule has 7 nitrogen and oxygen atoms in total. The lowest BCUT2D eigenvalue weighted by molar-refractivity contribution is -0.126. The average molecular weight is 506 g/mol. The van der Waals surface area contributed by atoms with E-state index in [0.717, 1.165) is 5.56 Å². The Morgan fingerprint density at radius 1 is 0.972 bits per heavy atom. The van der Waals surface area contributed by atoms with Gasteiger partial charge in [-0.05, 0) is 60.3 Å². The molecule has 0 fully saturated rings. The van der Waals surface area contributed by atoms with Crippen LogP contribution in [0, 0.1) is 12.7 Å². The van der Waals surface area contributed by atoms with Crippen molar-refractivity contribution in [1.29, 1.82) is 0 Å². The molecule has 0 spiro atoms. The first-order valence-electron chi connectivity index (χ1n) is 11.2. The summed E-state index contributed by atoms with van der Waals surface area (Å²) in [7, 11) is 0. The lowest BCUT2D eigenvalue weighted by Gasteiger charge is -2.31. The molecule has 9 heteroatoms. The van der Waals surface area contributed by atoms with Crippen LogP contribution in [-0.2, 0) is 16.1 Å². The maximum atomic E-state index is 13.7. The van der Waals surface area contributed by atoms with E-state index >= 15 is 0 Å². The average Bonchev–Trinajstić information content (AvgIpc) is 3.60. The normalized spacial score (nSPS) is 11.5. The van der Waals surface area contributed by atoms with Crippen molar-refractivity contribution in [2.45, 2.75) is 19.5 Å². The van der Waals surface area contributed by atoms with Crippen molar-refractivity contribution in [1.82, 2.24) is 10.6 Å². The van der Waals surface area contributed by atoms with Crippen LogP contribution in [0.3, 0.4) is 0 Å². The maximum Gasteiger partial charge on any atom is 0.261 e. The number of hydrogen-bond donors (Lipinski definition) is 2. The van der Waals surface area contributed by atoms with Gasteiger partial charge >= 0.3 is 0 Å². The van der Waals surface area contributed by atoms with Gasteiger partial charge in [-0.2, -0.15) is 0 Å². The summed E-state index contributed by atoms with van der Waals surface area (Å²) in [6.07, 6.45) is 1.50. The highest BCUT2D eigenvalue weighted by atomic mass is 32.1. The molecular weight excluding hydrogens is 481 g/mol. The highest BCUT2D eigenvalue weighted by molar-refractivity contribution is 7.12. The van der Waals surface area contributed by atoms with Gasteiger partial charge in [-0.1, -0.05) is 35.9 Å². The summed E-state index contributed by atoms with van der Waals surface area (Å²) >= 11 is 1.25. The Bertz CT molecular complexity index is 1300. The maximum absolute atomic E-state index is 13.7. The smallest absolute Gasteiger partial charge is 0.261 e. The van der Waals surface area contributed by atoms with Crippen LogP contribution in [0.1, 0.15) is 32.6 Å². The largest absolute Gasteiger partial charge is 0.467 e. The topological polar surface area (TPSA) is 91.7 Å². The summed E-state index contributed by atoms with van der Waals surface area (Å²) in [4.78, 5) is 41.3. The van der Waals surface area contributed by atoms with E-state index in [1.807, 2.05) is 19.1 Å². The number of nitrogens with one attached hydrogen (secondary N) is 2. The number of rotatable bonds is 9. The fraction of sp³-hybridized carbons (Fsp3) is 0.148. The summed E-state index contributed by atoms with van der Waals surface area (Å²) < 4.78 is 19.0. The van der Waals surface area contributed by atoms with E-state index in [-0.39, 0.29) is 13.1 Å². The third kappa shape index (κ3) is 6.05. The summed E-state index contributed by atoms with van der Waals surface area (Å²) in [5.74, 6) is -1.32. The minimum Gasteiger partial charge on any atom is -0.467 e. The van der Waals surface area contributed by atoms with E-state index in [0.29, 0.717) is 21.9 Å². The van der Waals surface area contributed by atoms with E-state index in [1.54, 1.807) is 41.8 Å². The van der Waals surface area contributed by atoms with Gasteiger partial charge in [0.2, 0.25) is 11.8 Å². The molecule has 2 heterocycles. The third-order valence-corrected chi connectivity index (χ3v) is 6.30. The number of halogens is 1. The summed E-state index contributed by atoms with van der Waals surface area (Å²) in [5.41, 5.74) is 1.85. The zero-order valence-corrected chi connectivity index (χ0v) is 20.3. The van der Waals surface area contributed by atoms with Crippen LogP contribution < -0.4 is 15.5 Å². The lowest BCUT2D eigenvalue weighted by Crippen LogP contribution is -2.47. The Kier molecular flexibility index (Phi) is 7.92. The number of carbonyl (C=O) groups excluding carboxylic acids is 3. The highest BCUT2D eigenvalue weighted by Crippen LogP contribution is 2.29. The van der Waals surface area contributed by atoms with Crippen molar-refractivity contribution in [3.8, 4) is 0 Å². The fourth-order valence-corrected chi connectivity index (χ4v) is 4.27. The molecule has 1 atom stereocenters. The molecule has 36 heavy (non-hydrogen) atoms. The molecule has 1 unspecified atom stereocenters. The van der Waals surface area contributed by atoms with Gasteiger partial charge < -0.3 is 15.1 Å². The van der Waals surface area contributed by atoms with Gasteiger partial charge in [0.1, 0.15) is 17.6 Å². The Hall–Kier alpha value is -4.24. The number of hydrogen-bond acceptors (Lipinski definition) is 5. The predicted octanol–water partition coefficient (Wildman–Crippen LogP) is 4.61. The molecule has 0 bridgehead atoms. The fourth-order valence-electron chi connectivity index (χ4n) is 3.63. The molecular formula is C27H24FN3O4S. The number of furan rings is 1. The first-order chi connectivity index (χ1) is 17.4. The van der Waals surface area contributed by atoms with Gasteiger partial charge in [-0.15, -0.1) is 11.3 Å². The number of carbonyl (C=O) groups is 3. The first-order valence-corrected chi connectivity index (χ1v) is 12.1. The van der Waals surface area contributed by atoms with E-state index in [9.17, 15) is 18.8 Å². The second kappa shape index (κ2) is 11.5. The molecule has 2 N–H and O–H groups in total. The van der Waals surface area contributed by atoms with E-state index < -0.39 is 29.6 Å². The molecule has 184 valence electrons. The van der Waals surface area contributed by atoms with E-state index in [4.69, 9.17) is 4.42 Å². The van der Waals surface area contributed by atoms with E-state index in [2.05, 4.69) is 10.6 Å². The van der Waals surface area contributed by atoms with Gasteiger partial charge in [-0.3, -0.25) is 19.3 Å². The molecule has 2 aromatic carbocycles. The number of aryl methyl sites for hydroxylation is 1. The molecule has 0 radical (unpaired) electrons. The number of anilines is 1. The monoisotopic (exact) mass is 505 g/mol. The second-order valence-electron chi connectivity index (χ2n) is 8.01. The molecule has 3 amide bonds. The Morgan fingerprint density at radius 3 is 2.36 bits per heavy atom.